The molecule has 38 heavy (non-hydrogen) atoms. The number of aryl methyl sites for hydroxylation is 1. The molecule has 3 aliphatic rings. The Morgan fingerprint density at radius 1 is 1.16 bits per heavy atom. The van der Waals surface area contributed by atoms with Gasteiger partial charge in [0.1, 0.15) is 6.33 Å². The summed E-state index contributed by atoms with van der Waals surface area (Å²) in [7, 11) is 0. The highest BCUT2D eigenvalue weighted by Crippen LogP contribution is 2.51. The number of aromatic amines is 1. The van der Waals surface area contributed by atoms with Gasteiger partial charge in [0.2, 0.25) is 5.91 Å². The molecule has 0 bridgehead atoms. The topological polar surface area (TPSA) is 113 Å². The van der Waals surface area contributed by atoms with Crippen molar-refractivity contribution < 1.29 is 27.5 Å². The molecule has 1 saturated heterocycles. The number of aromatic nitrogens is 4. The van der Waals surface area contributed by atoms with Crippen molar-refractivity contribution >= 4 is 11.8 Å². The SMILES string of the molecule is CCO[C@]1(C(F)(F)F)CC[C@H](NC(=O)[C@@H]2CCN(C(=O)c3cc(-c4cc(C)ncn4)[nH]n3)C3(CC3)C2)CC1. The van der Waals surface area contributed by atoms with Gasteiger partial charge in [-0.1, -0.05) is 0 Å². The third-order valence-electron chi connectivity index (χ3n) is 8.30. The first-order valence-electron chi connectivity index (χ1n) is 13.2. The molecule has 5 rings (SSSR count). The summed E-state index contributed by atoms with van der Waals surface area (Å²) in [4.78, 5) is 36.6. The zero-order valence-electron chi connectivity index (χ0n) is 21.6. The van der Waals surface area contributed by atoms with Gasteiger partial charge in [-0.2, -0.15) is 18.3 Å². The fraction of sp³-hybridized carbons (Fsp3) is 0.654. The summed E-state index contributed by atoms with van der Waals surface area (Å²) in [5.41, 5.74) is -0.103. The average Bonchev–Trinajstić information content (AvgIpc) is 3.45. The lowest BCUT2D eigenvalue weighted by molar-refractivity contribution is -0.287. The Morgan fingerprint density at radius 3 is 2.53 bits per heavy atom. The number of hydrogen-bond donors (Lipinski definition) is 2. The highest BCUT2D eigenvalue weighted by molar-refractivity contribution is 5.94. The molecular weight excluding hydrogens is 501 g/mol. The van der Waals surface area contributed by atoms with Crippen LogP contribution in [-0.2, 0) is 9.53 Å². The first-order valence-corrected chi connectivity index (χ1v) is 13.2. The molecule has 1 atom stereocenters. The van der Waals surface area contributed by atoms with Crippen LogP contribution in [0.3, 0.4) is 0 Å². The molecule has 3 fully saturated rings. The lowest BCUT2D eigenvalue weighted by Crippen LogP contribution is -2.55. The number of ether oxygens (including phenoxy) is 1. The summed E-state index contributed by atoms with van der Waals surface area (Å²) in [5, 5.41) is 10.1. The lowest BCUT2D eigenvalue weighted by Gasteiger charge is -2.42. The van der Waals surface area contributed by atoms with Crippen molar-refractivity contribution in [2.45, 2.75) is 88.6 Å². The third-order valence-corrected chi connectivity index (χ3v) is 8.30. The minimum Gasteiger partial charge on any atom is -0.366 e. The van der Waals surface area contributed by atoms with Crippen molar-refractivity contribution in [1.29, 1.82) is 0 Å². The monoisotopic (exact) mass is 534 g/mol. The second-order valence-corrected chi connectivity index (χ2v) is 10.8. The van der Waals surface area contributed by atoms with E-state index in [0.717, 1.165) is 18.5 Å². The van der Waals surface area contributed by atoms with E-state index in [0.29, 0.717) is 36.5 Å². The largest absolute Gasteiger partial charge is 0.417 e. The van der Waals surface area contributed by atoms with Gasteiger partial charge in [0.25, 0.3) is 5.91 Å². The van der Waals surface area contributed by atoms with Crippen molar-refractivity contribution in [3.8, 4) is 11.4 Å². The molecule has 0 unspecified atom stereocenters. The second-order valence-electron chi connectivity index (χ2n) is 10.8. The maximum Gasteiger partial charge on any atom is 0.417 e. The standard InChI is InChI=1S/C26H33F3N6O3/c1-3-38-25(26(27,28)29)7-4-18(5-8-25)32-22(36)17-6-11-35(24(14-17)9-10-24)23(37)21-13-20(33-34-21)19-12-16(2)30-15-31-19/h12-13,15,17-18H,3-11,14H2,1-2H3,(H,32,36)(H,33,34)/t17-,18-,25+/m1/s1. The molecule has 9 nitrogen and oxygen atoms in total. The van der Waals surface area contributed by atoms with E-state index in [1.165, 1.54) is 6.33 Å². The molecule has 3 heterocycles. The predicted molar refractivity (Wildman–Crippen MR) is 131 cm³/mol. The maximum absolute atomic E-state index is 13.6. The fourth-order valence-electron chi connectivity index (χ4n) is 5.99. The molecule has 2 aromatic rings. The Labute approximate surface area is 218 Å². The van der Waals surface area contributed by atoms with Gasteiger partial charge in [0, 0.05) is 36.3 Å². The van der Waals surface area contributed by atoms with Crippen LogP contribution in [-0.4, -0.2) is 73.4 Å². The first kappa shape index (κ1) is 26.6. The highest BCUT2D eigenvalue weighted by Gasteiger charge is 2.57. The molecule has 0 radical (unpaired) electrons. The van der Waals surface area contributed by atoms with Crippen LogP contribution in [0.5, 0.6) is 0 Å². The minimum atomic E-state index is -4.43. The third kappa shape index (κ3) is 5.02. The molecule has 2 amide bonds. The number of halogens is 3. The average molecular weight is 535 g/mol. The van der Waals surface area contributed by atoms with Crippen molar-refractivity contribution in [3.63, 3.8) is 0 Å². The van der Waals surface area contributed by atoms with Gasteiger partial charge in [-0.15, -0.1) is 0 Å². The number of likely N-dealkylation sites (tertiary alicyclic amines) is 1. The molecule has 2 aromatic heterocycles. The van der Waals surface area contributed by atoms with Crippen LogP contribution < -0.4 is 5.32 Å². The highest BCUT2D eigenvalue weighted by atomic mass is 19.4. The van der Waals surface area contributed by atoms with Crippen molar-refractivity contribution in [3.05, 3.63) is 29.8 Å². The smallest absolute Gasteiger partial charge is 0.366 e. The van der Waals surface area contributed by atoms with E-state index >= 15 is 0 Å². The Balaban J connectivity index is 1.18. The quantitative estimate of drug-likeness (QED) is 0.580. The number of H-pyrrole nitrogens is 1. The van der Waals surface area contributed by atoms with Crippen LogP contribution in [0.2, 0.25) is 0 Å². The molecule has 0 aromatic carbocycles. The summed E-state index contributed by atoms with van der Waals surface area (Å²) in [5.74, 6) is -0.590. The number of nitrogens with zero attached hydrogens (tertiary/aromatic N) is 4. The summed E-state index contributed by atoms with van der Waals surface area (Å²) in [6.07, 6.45) is -0.168. The fourth-order valence-corrected chi connectivity index (χ4v) is 5.99. The Bertz CT molecular complexity index is 1190. The molecule has 2 aliphatic carbocycles. The molecule has 1 spiro atoms. The molecule has 1 aliphatic heterocycles. The van der Waals surface area contributed by atoms with Crippen molar-refractivity contribution in [2.24, 2.45) is 5.92 Å². The van der Waals surface area contributed by atoms with Crippen LogP contribution in [0.1, 0.15) is 74.5 Å². The number of carbonyl (C=O) groups excluding carboxylic acids is 2. The molecule has 2 saturated carbocycles. The van der Waals surface area contributed by atoms with Gasteiger partial charge in [0.15, 0.2) is 11.3 Å². The molecule has 2 N–H and O–H groups in total. The zero-order valence-corrected chi connectivity index (χ0v) is 21.6. The van der Waals surface area contributed by atoms with Crippen molar-refractivity contribution in [1.82, 2.24) is 30.4 Å². The van der Waals surface area contributed by atoms with E-state index in [9.17, 15) is 22.8 Å². The number of piperidine rings is 1. The number of hydrogen-bond acceptors (Lipinski definition) is 6. The van der Waals surface area contributed by atoms with Crippen LogP contribution in [0, 0.1) is 12.8 Å². The van der Waals surface area contributed by atoms with E-state index < -0.39 is 11.8 Å². The van der Waals surface area contributed by atoms with Crippen LogP contribution >= 0.6 is 0 Å². The van der Waals surface area contributed by atoms with Gasteiger partial charge in [0.05, 0.1) is 11.4 Å². The van der Waals surface area contributed by atoms with Crippen molar-refractivity contribution in [2.75, 3.05) is 13.2 Å². The minimum absolute atomic E-state index is 0.00417. The summed E-state index contributed by atoms with van der Waals surface area (Å²) < 4.78 is 46.0. The number of amides is 2. The van der Waals surface area contributed by atoms with Gasteiger partial charge < -0.3 is 15.0 Å². The van der Waals surface area contributed by atoms with Gasteiger partial charge >= 0.3 is 6.18 Å². The molecule has 206 valence electrons. The lowest BCUT2D eigenvalue weighted by atomic mass is 9.80. The number of carbonyl (C=O) groups is 2. The number of alkyl halides is 3. The Hall–Kier alpha value is -3.02. The zero-order chi connectivity index (χ0) is 27.1. The summed E-state index contributed by atoms with van der Waals surface area (Å²) in [6, 6.07) is 3.19. The first-order chi connectivity index (χ1) is 18.1. The molecular formula is C26H33F3N6O3. The summed E-state index contributed by atoms with van der Waals surface area (Å²) in [6.45, 7) is 3.85. The molecule has 12 heteroatoms. The predicted octanol–water partition coefficient (Wildman–Crippen LogP) is 3.96. The summed E-state index contributed by atoms with van der Waals surface area (Å²) >= 11 is 0. The van der Waals surface area contributed by atoms with Crippen LogP contribution in [0.4, 0.5) is 13.2 Å². The Morgan fingerprint density at radius 2 is 1.89 bits per heavy atom. The number of nitrogens with one attached hydrogen (secondary N) is 2. The van der Waals surface area contributed by atoms with E-state index in [1.54, 1.807) is 19.1 Å². The number of rotatable bonds is 6. The van der Waals surface area contributed by atoms with Gasteiger partial charge in [-0.3, -0.25) is 14.7 Å². The Kier molecular flexibility index (Phi) is 6.95. The van der Waals surface area contributed by atoms with E-state index in [2.05, 4.69) is 25.5 Å². The van der Waals surface area contributed by atoms with Crippen LogP contribution in [0.15, 0.2) is 18.5 Å². The normalized spacial score (nSPS) is 26.8. The van der Waals surface area contributed by atoms with Gasteiger partial charge in [-0.25, -0.2) is 9.97 Å². The maximum atomic E-state index is 13.6. The van der Waals surface area contributed by atoms with Crippen LogP contribution in [0.25, 0.3) is 11.4 Å². The van der Waals surface area contributed by atoms with E-state index in [-0.39, 0.29) is 61.6 Å². The van der Waals surface area contributed by atoms with E-state index in [1.807, 2.05) is 11.8 Å². The van der Waals surface area contributed by atoms with E-state index in [4.69, 9.17) is 4.74 Å². The van der Waals surface area contributed by atoms with Gasteiger partial charge in [-0.05, 0) is 77.3 Å². The second kappa shape index (κ2) is 9.94.